The number of carbonyl (C=O) groups excluding carboxylic acids is 1. The predicted molar refractivity (Wildman–Crippen MR) is 108 cm³/mol. The summed E-state index contributed by atoms with van der Waals surface area (Å²) in [6.45, 7) is 0.337. The number of hydrogen-bond acceptors (Lipinski definition) is 5. The molecule has 0 radical (unpaired) electrons. The zero-order valence-corrected chi connectivity index (χ0v) is 16.1. The van der Waals surface area contributed by atoms with Crippen LogP contribution in [0.3, 0.4) is 0 Å². The number of benzene rings is 1. The Bertz CT molecular complexity index is 773. The van der Waals surface area contributed by atoms with Gasteiger partial charge in [-0.1, -0.05) is 43.0 Å². The number of nitrogens with one attached hydrogen (secondary N) is 2. The van der Waals surface area contributed by atoms with Crippen LogP contribution in [0.15, 0.2) is 29.6 Å². The molecular formula is C18H20ClN3OS2. The van der Waals surface area contributed by atoms with Gasteiger partial charge in [0, 0.05) is 17.1 Å². The lowest BCUT2D eigenvalue weighted by Gasteiger charge is -2.24. The average molecular weight is 394 g/mol. The summed E-state index contributed by atoms with van der Waals surface area (Å²) in [5.74, 6) is 0.00694. The van der Waals surface area contributed by atoms with Crippen LogP contribution in [0.25, 0.3) is 10.4 Å². The summed E-state index contributed by atoms with van der Waals surface area (Å²) >= 11 is 9.54. The highest BCUT2D eigenvalue weighted by Gasteiger charge is 2.25. The number of amides is 1. The molecule has 1 aromatic heterocycles. The molecule has 2 N–H and O–H groups in total. The van der Waals surface area contributed by atoms with E-state index in [1.807, 2.05) is 9.69 Å². The van der Waals surface area contributed by atoms with E-state index in [9.17, 15) is 4.79 Å². The van der Waals surface area contributed by atoms with E-state index in [0.29, 0.717) is 17.6 Å². The molecule has 2 aliphatic rings. The number of rotatable bonds is 4. The maximum absolute atomic E-state index is 11.4. The first-order valence-corrected chi connectivity index (χ1v) is 10.6. The van der Waals surface area contributed by atoms with Gasteiger partial charge in [-0.05, 0) is 30.5 Å². The summed E-state index contributed by atoms with van der Waals surface area (Å²) in [7, 11) is 0. The lowest BCUT2D eigenvalue weighted by Crippen LogP contribution is -2.22. The standard InChI is InChI=1S/C18H20ClN3OS2/c19-17-15(22-10-16(23)21-25-22)11-24-18(17)12-5-4-8-14(9-12)20-13-6-2-1-3-7-13/h4-5,8-9,11,13,20H,1-3,6-7,10H2,(H,21,23). The Labute approximate surface area is 161 Å². The molecule has 1 saturated carbocycles. The van der Waals surface area contributed by atoms with Gasteiger partial charge in [-0.25, -0.2) is 0 Å². The fourth-order valence-corrected chi connectivity index (χ4v) is 5.59. The number of hydrogen-bond donors (Lipinski definition) is 2. The molecule has 4 nitrogen and oxygen atoms in total. The first-order valence-electron chi connectivity index (χ1n) is 8.58. The van der Waals surface area contributed by atoms with Crippen LogP contribution in [-0.4, -0.2) is 18.5 Å². The van der Waals surface area contributed by atoms with Gasteiger partial charge in [-0.3, -0.25) is 13.8 Å². The van der Waals surface area contributed by atoms with E-state index >= 15 is 0 Å². The Kier molecular flexibility index (Phi) is 5.10. The maximum atomic E-state index is 11.4. The van der Waals surface area contributed by atoms with E-state index < -0.39 is 0 Å². The van der Waals surface area contributed by atoms with E-state index in [2.05, 4.69) is 34.3 Å². The second-order valence-corrected chi connectivity index (χ2v) is 8.56. The highest BCUT2D eigenvalue weighted by Crippen LogP contribution is 2.44. The molecule has 2 aromatic rings. The molecule has 0 atom stereocenters. The van der Waals surface area contributed by atoms with E-state index in [-0.39, 0.29) is 5.91 Å². The molecule has 0 spiro atoms. The van der Waals surface area contributed by atoms with Gasteiger partial charge in [-0.15, -0.1) is 11.3 Å². The topological polar surface area (TPSA) is 44.4 Å². The molecule has 1 aliphatic heterocycles. The van der Waals surface area contributed by atoms with Crippen molar-refractivity contribution in [3.05, 3.63) is 34.7 Å². The first-order chi connectivity index (χ1) is 12.2. The average Bonchev–Trinajstić information content (AvgIpc) is 3.21. The minimum Gasteiger partial charge on any atom is -0.382 e. The Hall–Kier alpha value is -1.37. The summed E-state index contributed by atoms with van der Waals surface area (Å²) in [5, 5.41) is 6.40. The van der Waals surface area contributed by atoms with Crippen molar-refractivity contribution in [2.45, 2.75) is 38.1 Å². The zero-order valence-electron chi connectivity index (χ0n) is 13.8. The van der Waals surface area contributed by atoms with Gasteiger partial charge >= 0.3 is 0 Å². The fraction of sp³-hybridized carbons (Fsp3) is 0.389. The Morgan fingerprint density at radius 2 is 2.08 bits per heavy atom. The normalized spacial score (nSPS) is 18.4. The van der Waals surface area contributed by atoms with Crippen molar-refractivity contribution in [3.8, 4) is 10.4 Å². The molecule has 1 aliphatic carbocycles. The van der Waals surface area contributed by atoms with E-state index in [0.717, 1.165) is 21.8 Å². The highest BCUT2D eigenvalue weighted by molar-refractivity contribution is 7.99. The number of carbonyl (C=O) groups is 1. The van der Waals surface area contributed by atoms with Crippen molar-refractivity contribution in [1.82, 2.24) is 4.72 Å². The third-order valence-electron chi connectivity index (χ3n) is 4.64. The van der Waals surface area contributed by atoms with Gasteiger partial charge in [0.1, 0.15) is 6.54 Å². The summed E-state index contributed by atoms with van der Waals surface area (Å²) in [6.07, 6.45) is 6.50. The molecule has 132 valence electrons. The summed E-state index contributed by atoms with van der Waals surface area (Å²) in [4.78, 5) is 12.5. The summed E-state index contributed by atoms with van der Waals surface area (Å²) in [6, 6.07) is 9.05. The van der Waals surface area contributed by atoms with Crippen molar-refractivity contribution in [1.29, 1.82) is 0 Å². The quantitative estimate of drug-likeness (QED) is 0.690. The second kappa shape index (κ2) is 7.48. The van der Waals surface area contributed by atoms with Crippen LogP contribution < -0.4 is 14.3 Å². The Morgan fingerprint density at radius 1 is 1.24 bits per heavy atom. The lowest BCUT2D eigenvalue weighted by molar-refractivity contribution is -0.117. The SMILES string of the molecule is O=C1CN(c2csc(-c3cccc(NC4CCCCC4)c3)c2Cl)SN1. The molecule has 0 unspecified atom stereocenters. The molecule has 4 rings (SSSR count). The Balaban J connectivity index is 1.54. The summed E-state index contributed by atoms with van der Waals surface area (Å²) < 4.78 is 4.64. The van der Waals surface area contributed by atoms with Crippen molar-refractivity contribution < 1.29 is 4.79 Å². The smallest absolute Gasteiger partial charge is 0.251 e. The fourth-order valence-electron chi connectivity index (χ4n) is 3.37. The van der Waals surface area contributed by atoms with Gasteiger partial charge in [0.15, 0.2) is 0 Å². The van der Waals surface area contributed by atoms with Crippen molar-refractivity contribution >= 4 is 52.4 Å². The minimum absolute atomic E-state index is 0.00694. The third kappa shape index (κ3) is 3.76. The summed E-state index contributed by atoms with van der Waals surface area (Å²) in [5.41, 5.74) is 3.17. The van der Waals surface area contributed by atoms with Crippen molar-refractivity contribution in [2.24, 2.45) is 0 Å². The van der Waals surface area contributed by atoms with Crippen LogP contribution in [0.2, 0.25) is 5.02 Å². The van der Waals surface area contributed by atoms with E-state index in [4.69, 9.17) is 11.6 Å². The van der Waals surface area contributed by atoms with Crippen LogP contribution in [0.1, 0.15) is 32.1 Å². The molecular weight excluding hydrogens is 374 g/mol. The molecule has 1 aromatic carbocycles. The monoisotopic (exact) mass is 393 g/mol. The third-order valence-corrected chi connectivity index (χ3v) is 7.02. The Morgan fingerprint density at radius 3 is 2.84 bits per heavy atom. The van der Waals surface area contributed by atoms with Gasteiger partial charge in [0.05, 0.1) is 27.7 Å². The largest absolute Gasteiger partial charge is 0.382 e. The molecule has 7 heteroatoms. The van der Waals surface area contributed by atoms with Crippen LogP contribution in [0.5, 0.6) is 0 Å². The molecule has 2 heterocycles. The first kappa shape index (κ1) is 17.1. The minimum atomic E-state index is 0.00694. The van der Waals surface area contributed by atoms with E-state index in [1.165, 1.54) is 44.2 Å². The van der Waals surface area contributed by atoms with Gasteiger partial charge in [-0.2, -0.15) is 0 Å². The number of halogens is 1. The predicted octanol–water partition coefficient (Wildman–Crippen LogP) is 5.31. The lowest BCUT2D eigenvalue weighted by atomic mass is 9.95. The molecule has 2 fully saturated rings. The van der Waals surface area contributed by atoms with Crippen LogP contribution in [-0.2, 0) is 4.79 Å². The van der Waals surface area contributed by atoms with Crippen molar-refractivity contribution in [3.63, 3.8) is 0 Å². The zero-order chi connectivity index (χ0) is 17.2. The van der Waals surface area contributed by atoms with Gasteiger partial charge in [0.25, 0.3) is 5.91 Å². The van der Waals surface area contributed by atoms with Crippen LogP contribution in [0, 0.1) is 0 Å². The molecule has 25 heavy (non-hydrogen) atoms. The van der Waals surface area contributed by atoms with Crippen LogP contribution >= 0.6 is 35.1 Å². The van der Waals surface area contributed by atoms with Crippen molar-refractivity contribution in [2.75, 3.05) is 16.2 Å². The van der Waals surface area contributed by atoms with E-state index in [1.54, 1.807) is 11.3 Å². The van der Waals surface area contributed by atoms with Gasteiger partial charge < -0.3 is 5.32 Å². The number of anilines is 2. The van der Waals surface area contributed by atoms with Gasteiger partial charge in [0.2, 0.25) is 0 Å². The second-order valence-electron chi connectivity index (χ2n) is 6.48. The number of nitrogens with zero attached hydrogens (tertiary/aromatic N) is 1. The molecule has 0 bridgehead atoms. The maximum Gasteiger partial charge on any atom is 0.251 e. The van der Waals surface area contributed by atoms with Crippen LogP contribution in [0.4, 0.5) is 11.4 Å². The molecule has 1 amide bonds. The molecule has 1 saturated heterocycles. The number of thiophene rings is 1. The highest BCUT2D eigenvalue weighted by atomic mass is 35.5.